The molecule has 0 spiro atoms. The molecule has 0 aliphatic carbocycles. The number of anilines is 1. The van der Waals surface area contributed by atoms with Crippen LogP contribution in [0.5, 0.6) is 0 Å². The maximum absolute atomic E-state index is 5.67. The highest BCUT2D eigenvalue weighted by Crippen LogP contribution is 2.24. The van der Waals surface area contributed by atoms with Crippen molar-refractivity contribution in [3.63, 3.8) is 0 Å². The van der Waals surface area contributed by atoms with Gasteiger partial charge in [0.1, 0.15) is 0 Å². The minimum absolute atomic E-state index is 0. The average Bonchev–Trinajstić information content (AvgIpc) is 3.37. The highest BCUT2D eigenvalue weighted by atomic mass is 127. The Morgan fingerprint density at radius 3 is 2.62 bits per heavy atom. The van der Waals surface area contributed by atoms with E-state index in [0.717, 1.165) is 51.8 Å². The molecule has 2 saturated heterocycles. The quantitative estimate of drug-likeness (QED) is 0.288. The minimum Gasteiger partial charge on any atom is -0.376 e. The lowest BCUT2D eigenvalue weighted by atomic mass is 10.1. The monoisotopic (exact) mass is 577 g/mol. The zero-order valence-corrected chi connectivity index (χ0v) is 23.1. The molecular formula is C27H40IN5O. The van der Waals surface area contributed by atoms with Crippen LogP contribution in [0, 0.1) is 0 Å². The van der Waals surface area contributed by atoms with E-state index in [9.17, 15) is 0 Å². The van der Waals surface area contributed by atoms with Gasteiger partial charge >= 0.3 is 0 Å². The number of halogens is 1. The number of rotatable bonds is 7. The van der Waals surface area contributed by atoms with Crippen molar-refractivity contribution in [1.82, 2.24) is 15.5 Å². The van der Waals surface area contributed by atoms with E-state index in [2.05, 4.69) is 87.8 Å². The summed E-state index contributed by atoms with van der Waals surface area (Å²) >= 11 is 0. The second kappa shape index (κ2) is 13.3. The molecule has 186 valence electrons. The summed E-state index contributed by atoms with van der Waals surface area (Å²) in [6, 6.07) is 17.9. The van der Waals surface area contributed by atoms with Crippen molar-refractivity contribution in [2.24, 2.45) is 4.99 Å². The van der Waals surface area contributed by atoms with Crippen LogP contribution in [-0.2, 0) is 17.8 Å². The van der Waals surface area contributed by atoms with E-state index in [4.69, 9.17) is 4.74 Å². The van der Waals surface area contributed by atoms with Gasteiger partial charge in [0.15, 0.2) is 5.96 Å². The largest absolute Gasteiger partial charge is 0.376 e. The summed E-state index contributed by atoms with van der Waals surface area (Å²) in [6.07, 6.45) is 2.90. The van der Waals surface area contributed by atoms with Gasteiger partial charge in [-0.05, 0) is 55.5 Å². The third kappa shape index (κ3) is 7.58. The molecule has 2 aliphatic heterocycles. The number of nitrogens with zero attached hydrogens (tertiary/aromatic N) is 3. The van der Waals surface area contributed by atoms with Crippen molar-refractivity contribution in [1.29, 1.82) is 0 Å². The van der Waals surface area contributed by atoms with Crippen LogP contribution in [-0.4, -0.2) is 56.8 Å². The molecule has 0 aromatic heterocycles. The summed E-state index contributed by atoms with van der Waals surface area (Å²) in [7, 11) is 1.83. The molecule has 0 saturated carbocycles. The molecule has 2 unspecified atom stereocenters. The predicted octanol–water partition coefficient (Wildman–Crippen LogP) is 4.55. The van der Waals surface area contributed by atoms with Gasteiger partial charge in [0.25, 0.3) is 0 Å². The van der Waals surface area contributed by atoms with Gasteiger partial charge in [-0.3, -0.25) is 9.89 Å². The van der Waals surface area contributed by atoms with Gasteiger partial charge in [0.2, 0.25) is 0 Å². The Morgan fingerprint density at radius 1 is 1.09 bits per heavy atom. The Kier molecular flexibility index (Phi) is 10.5. The normalized spacial score (nSPS) is 20.0. The second-order valence-electron chi connectivity index (χ2n) is 9.32. The Bertz CT molecular complexity index is 931. The SMILES string of the molecule is CN=C(NCc1cccc(CN2CCOC(C)C2)c1)NC(C)c1cccc(N2CCCC2)c1.I. The van der Waals surface area contributed by atoms with E-state index >= 15 is 0 Å². The molecule has 2 heterocycles. The molecule has 2 aromatic carbocycles. The maximum Gasteiger partial charge on any atom is 0.191 e. The summed E-state index contributed by atoms with van der Waals surface area (Å²) in [5.74, 6) is 0.821. The number of nitrogens with one attached hydrogen (secondary N) is 2. The number of hydrogen-bond donors (Lipinski definition) is 2. The number of guanidine groups is 1. The Balaban J connectivity index is 0.00000324. The first-order valence-electron chi connectivity index (χ1n) is 12.3. The number of ether oxygens (including phenoxy) is 1. The summed E-state index contributed by atoms with van der Waals surface area (Å²) in [4.78, 5) is 9.41. The molecule has 0 amide bonds. The first-order chi connectivity index (χ1) is 16.1. The first kappa shape index (κ1) is 26.8. The lowest BCUT2D eigenvalue weighted by molar-refractivity contribution is -0.0212. The highest BCUT2D eigenvalue weighted by molar-refractivity contribution is 14.0. The summed E-state index contributed by atoms with van der Waals surface area (Å²) in [5, 5.41) is 7.04. The number of hydrogen-bond acceptors (Lipinski definition) is 4. The van der Waals surface area contributed by atoms with Crippen LogP contribution in [0.3, 0.4) is 0 Å². The van der Waals surface area contributed by atoms with Crippen molar-refractivity contribution < 1.29 is 4.74 Å². The molecule has 4 rings (SSSR count). The van der Waals surface area contributed by atoms with Crippen molar-refractivity contribution in [2.75, 3.05) is 44.7 Å². The van der Waals surface area contributed by atoms with E-state index < -0.39 is 0 Å². The molecule has 6 nitrogen and oxygen atoms in total. The molecule has 34 heavy (non-hydrogen) atoms. The third-order valence-corrected chi connectivity index (χ3v) is 6.60. The van der Waals surface area contributed by atoms with E-state index in [1.165, 1.54) is 35.2 Å². The van der Waals surface area contributed by atoms with Gasteiger partial charge in [-0.15, -0.1) is 24.0 Å². The Hall–Kier alpha value is -1.84. The highest BCUT2D eigenvalue weighted by Gasteiger charge is 2.17. The molecule has 2 aliphatic rings. The fraction of sp³-hybridized carbons (Fsp3) is 0.519. The van der Waals surface area contributed by atoms with Crippen LogP contribution >= 0.6 is 24.0 Å². The molecule has 2 atom stereocenters. The zero-order chi connectivity index (χ0) is 23.0. The van der Waals surface area contributed by atoms with Crippen LogP contribution in [0.4, 0.5) is 5.69 Å². The van der Waals surface area contributed by atoms with Crippen LogP contribution in [0.1, 0.15) is 49.4 Å². The fourth-order valence-corrected chi connectivity index (χ4v) is 4.77. The topological polar surface area (TPSA) is 52.1 Å². The lowest BCUT2D eigenvalue weighted by Gasteiger charge is -2.31. The Labute approximate surface area is 222 Å². The minimum atomic E-state index is 0. The smallest absolute Gasteiger partial charge is 0.191 e. The molecule has 2 aromatic rings. The van der Waals surface area contributed by atoms with Gasteiger partial charge in [-0.1, -0.05) is 36.4 Å². The van der Waals surface area contributed by atoms with Crippen LogP contribution in [0.2, 0.25) is 0 Å². The van der Waals surface area contributed by atoms with Crippen molar-refractivity contribution >= 4 is 35.6 Å². The van der Waals surface area contributed by atoms with E-state index in [0.29, 0.717) is 6.10 Å². The van der Waals surface area contributed by atoms with Crippen molar-refractivity contribution in [2.45, 2.75) is 51.9 Å². The van der Waals surface area contributed by atoms with Crippen molar-refractivity contribution in [3.8, 4) is 0 Å². The van der Waals surface area contributed by atoms with Gasteiger partial charge in [0, 0.05) is 52.0 Å². The molecular weight excluding hydrogens is 537 g/mol. The van der Waals surface area contributed by atoms with E-state index in [-0.39, 0.29) is 30.0 Å². The van der Waals surface area contributed by atoms with Crippen LogP contribution in [0.15, 0.2) is 53.5 Å². The fourth-order valence-electron chi connectivity index (χ4n) is 4.77. The lowest BCUT2D eigenvalue weighted by Crippen LogP contribution is -2.40. The number of benzene rings is 2. The standard InChI is InChI=1S/C27H39N5O.HI/c1-21-19-31(14-15-33-21)20-24-9-6-8-23(16-24)18-29-27(28-3)30-22(2)25-10-7-11-26(17-25)32-12-4-5-13-32;/h6-11,16-17,21-22H,4-5,12-15,18-20H2,1-3H3,(H2,28,29,30);1H. The van der Waals surface area contributed by atoms with E-state index in [1.54, 1.807) is 0 Å². The third-order valence-electron chi connectivity index (χ3n) is 6.60. The molecule has 0 bridgehead atoms. The molecule has 2 fully saturated rings. The number of aliphatic imine (C=N–C) groups is 1. The van der Waals surface area contributed by atoms with Gasteiger partial charge < -0.3 is 20.3 Å². The van der Waals surface area contributed by atoms with Crippen LogP contribution < -0.4 is 15.5 Å². The van der Waals surface area contributed by atoms with Crippen molar-refractivity contribution in [3.05, 3.63) is 65.2 Å². The van der Waals surface area contributed by atoms with Gasteiger partial charge in [-0.25, -0.2) is 0 Å². The second-order valence-corrected chi connectivity index (χ2v) is 9.32. The maximum atomic E-state index is 5.67. The average molecular weight is 578 g/mol. The number of morpholine rings is 1. The Morgan fingerprint density at radius 2 is 1.85 bits per heavy atom. The zero-order valence-electron chi connectivity index (χ0n) is 20.8. The van der Waals surface area contributed by atoms with E-state index in [1.807, 2.05) is 7.05 Å². The predicted molar refractivity (Wildman–Crippen MR) is 152 cm³/mol. The van der Waals surface area contributed by atoms with Gasteiger partial charge in [0.05, 0.1) is 18.8 Å². The molecule has 2 N–H and O–H groups in total. The van der Waals surface area contributed by atoms with Gasteiger partial charge in [-0.2, -0.15) is 0 Å². The summed E-state index contributed by atoms with van der Waals surface area (Å²) in [6.45, 7) is 11.2. The van der Waals surface area contributed by atoms with Crippen LogP contribution in [0.25, 0.3) is 0 Å². The summed E-state index contributed by atoms with van der Waals surface area (Å²) < 4.78 is 5.67. The summed E-state index contributed by atoms with van der Waals surface area (Å²) in [5.41, 5.74) is 5.22. The molecule has 7 heteroatoms. The first-order valence-corrected chi connectivity index (χ1v) is 12.3. The molecule has 0 radical (unpaired) electrons.